The standard InChI is InChI=1S/C16H19BO7/c1-9(18)3-5-12(19)8-11-7-10-4-6-13(23-2)14(16(20)21)15(10)24-17(11)22/h4,6,11,22H,3,5,7-8H2,1-2H3,(H,20,21)/t11-/m1/s1. The number of carbonyl (C=O) groups is 3. The normalized spacial score (nSPS) is 16.1. The summed E-state index contributed by atoms with van der Waals surface area (Å²) in [7, 11) is 0.0631. The van der Waals surface area contributed by atoms with Gasteiger partial charge in [0.05, 0.1) is 7.11 Å². The molecule has 1 aromatic rings. The number of hydrogen-bond donors (Lipinski definition) is 2. The molecule has 0 saturated heterocycles. The molecule has 0 aromatic heterocycles. The SMILES string of the molecule is COc1ccc2c(c1C(=O)O)OB(O)[C@@H](CC(=O)CCC(C)=O)C2. The largest absolute Gasteiger partial charge is 0.535 e. The Kier molecular flexibility index (Phi) is 5.61. The molecule has 0 unspecified atom stereocenters. The van der Waals surface area contributed by atoms with Gasteiger partial charge in [0, 0.05) is 25.1 Å². The summed E-state index contributed by atoms with van der Waals surface area (Å²) >= 11 is 0. The minimum absolute atomic E-state index is 0.0627. The van der Waals surface area contributed by atoms with Crippen LogP contribution in [0.4, 0.5) is 0 Å². The van der Waals surface area contributed by atoms with Gasteiger partial charge in [-0.25, -0.2) is 4.79 Å². The van der Waals surface area contributed by atoms with Gasteiger partial charge in [-0.15, -0.1) is 0 Å². The van der Waals surface area contributed by atoms with E-state index in [9.17, 15) is 24.5 Å². The van der Waals surface area contributed by atoms with Crippen LogP contribution in [-0.2, 0) is 16.0 Å². The maximum absolute atomic E-state index is 11.9. The molecule has 2 N–H and O–H groups in total. The number of aromatic carboxylic acids is 1. The molecule has 1 aliphatic rings. The third-order valence-corrected chi connectivity index (χ3v) is 4.00. The van der Waals surface area contributed by atoms with E-state index in [1.54, 1.807) is 6.07 Å². The molecule has 1 aliphatic heterocycles. The number of hydrogen-bond acceptors (Lipinski definition) is 6. The lowest BCUT2D eigenvalue weighted by molar-refractivity contribution is -0.123. The summed E-state index contributed by atoms with van der Waals surface area (Å²) in [6.45, 7) is 1.42. The highest BCUT2D eigenvalue weighted by molar-refractivity contribution is 6.47. The van der Waals surface area contributed by atoms with E-state index in [1.165, 1.54) is 20.1 Å². The Morgan fingerprint density at radius 3 is 2.62 bits per heavy atom. The first kappa shape index (κ1) is 18.0. The molecular weight excluding hydrogens is 315 g/mol. The number of ether oxygens (including phenoxy) is 1. The Morgan fingerprint density at radius 2 is 2.04 bits per heavy atom. The first-order valence-corrected chi connectivity index (χ1v) is 7.62. The topological polar surface area (TPSA) is 110 Å². The molecule has 0 bridgehead atoms. The number of Topliss-reactive ketones (excluding diaryl/α,β-unsaturated/α-hetero) is 2. The van der Waals surface area contributed by atoms with Crippen LogP contribution in [0.25, 0.3) is 0 Å². The Labute approximate surface area is 139 Å². The zero-order valence-electron chi connectivity index (χ0n) is 13.6. The predicted molar refractivity (Wildman–Crippen MR) is 85.5 cm³/mol. The summed E-state index contributed by atoms with van der Waals surface area (Å²) < 4.78 is 10.4. The number of carboxylic acid groups (broad SMARTS) is 1. The molecule has 128 valence electrons. The first-order chi connectivity index (χ1) is 11.3. The van der Waals surface area contributed by atoms with Gasteiger partial charge in [-0.3, -0.25) is 4.79 Å². The van der Waals surface area contributed by atoms with Crippen LogP contribution in [-0.4, -0.2) is 41.9 Å². The van der Waals surface area contributed by atoms with Gasteiger partial charge in [0.2, 0.25) is 0 Å². The molecule has 0 radical (unpaired) electrons. The first-order valence-electron chi connectivity index (χ1n) is 7.62. The molecule has 0 amide bonds. The van der Waals surface area contributed by atoms with Crippen LogP contribution < -0.4 is 9.39 Å². The predicted octanol–water partition coefficient (Wildman–Crippen LogP) is 1.51. The molecule has 0 spiro atoms. The number of benzene rings is 1. The van der Waals surface area contributed by atoms with E-state index < -0.39 is 18.9 Å². The van der Waals surface area contributed by atoms with Crippen molar-refractivity contribution < 1.29 is 33.9 Å². The number of methoxy groups -OCH3 is 1. The number of rotatable bonds is 7. The van der Waals surface area contributed by atoms with Crippen LogP contribution in [0.5, 0.6) is 11.5 Å². The van der Waals surface area contributed by atoms with E-state index in [4.69, 9.17) is 9.39 Å². The molecule has 0 fully saturated rings. The summed E-state index contributed by atoms with van der Waals surface area (Å²) in [5.41, 5.74) is 0.457. The van der Waals surface area contributed by atoms with Crippen molar-refractivity contribution in [2.75, 3.05) is 7.11 Å². The fourth-order valence-corrected chi connectivity index (χ4v) is 2.76. The highest BCUT2D eigenvalue weighted by Crippen LogP contribution is 2.40. The molecule has 0 saturated carbocycles. The molecule has 24 heavy (non-hydrogen) atoms. The molecule has 7 nitrogen and oxygen atoms in total. The third-order valence-electron chi connectivity index (χ3n) is 4.00. The summed E-state index contributed by atoms with van der Waals surface area (Å²) in [4.78, 5) is 34.3. The maximum atomic E-state index is 11.9. The van der Waals surface area contributed by atoms with E-state index >= 15 is 0 Å². The van der Waals surface area contributed by atoms with Gasteiger partial charge in [0.1, 0.15) is 28.6 Å². The van der Waals surface area contributed by atoms with Gasteiger partial charge in [0.25, 0.3) is 0 Å². The lowest BCUT2D eigenvalue weighted by atomic mass is 9.64. The van der Waals surface area contributed by atoms with Crippen molar-refractivity contribution in [1.29, 1.82) is 0 Å². The zero-order chi connectivity index (χ0) is 17.9. The van der Waals surface area contributed by atoms with E-state index in [0.717, 1.165) is 0 Å². The Bertz CT molecular complexity index is 671. The number of fused-ring (bicyclic) bond motifs is 1. The fraction of sp³-hybridized carbons (Fsp3) is 0.438. The van der Waals surface area contributed by atoms with Crippen molar-refractivity contribution in [1.82, 2.24) is 0 Å². The van der Waals surface area contributed by atoms with Crippen LogP contribution in [0.1, 0.15) is 42.1 Å². The van der Waals surface area contributed by atoms with E-state index in [0.29, 0.717) is 12.0 Å². The van der Waals surface area contributed by atoms with Crippen molar-refractivity contribution in [3.05, 3.63) is 23.3 Å². The summed E-state index contributed by atoms with van der Waals surface area (Å²) in [6.07, 6.45) is 0.697. The molecule has 2 rings (SSSR count). The quantitative estimate of drug-likeness (QED) is 0.727. The smallest absolute Gasteiger partial charge is 0.526 e. The summed E-state index contributed by atoms with van der Waals surface area (Å²) in [6, 6.07) is 3.19. The van der Waals surface area contributed by atoms with Crippen molar-refractivity contribution in [2.24, 2.45) is 0 Å². The van der Waals surface area contributed by atoms with Crippen LogP contribution in [0, 0.1) is 0 Å². The highest BCUT2D eigenvalue weighted by Gasteiger charge is 2.38. The van der Waals surface area contributed by atoms with Gasteiger partial charge >= 0.3 is 13.1 Å². The Balaban J connectivity index is 2.19. The lowest BCUT2D eigenvalue weighted by Gasteiger charge is -2.28. The van der Waals surface area contributed by atoms with Gasteiger partial charge in [-0.1, -0.05) is 6.07 Å². The molecule has 1 aromatic carbocycles. The number of ketones is 2. The second-order valence-electron chi connectivity index (χ2n) is 5.85. The zero-order valence-corrected chi connectivity index (χ0v) is 13.6. The number of carboxylic acids is 1. The average Bonchev–Trinajstić information content (AvgIpc) is 2.52. The van der Waals surface area contributed by atoms with Crippen molar-refractivity contribution in [3.63, 3.8) is 0 Å². The summed E-state index contributed by atoms with van der Waals surface area (Å²) in [5, 5.41) is 19.5. The van der Waals surface area contributed by atoms with Crippen LogP contribution in [0.15, 0.2) is 12.1 Å². The highest BCUT2D eigenvalue weighted by atomic mass is 16.5. The monoisotopic (exact) mass is 334 g/mol. The third kappa shape index (κ3) is 3.94. The average molecular weight is 334 g/mol. The van der Waals surface area contributed by atoms with Crippen molar-refractivity contribution >= 4 is 24.7 Å². The van der Waals surface area contributed by atoms with E-state index in [-0.39, 0.29) is 47.9 Å². The molecular formula is C16H19BO7. The molecule has 8 heteroatoms. The minimum atomic E-state index is -1.29. The van der Waals surface area contributed by atoms with E-state index in [1.807, 2.05) is 0 Å². The van der Waals surface area contributed by atoms with Gasteiger partial charge < -0.3 is 24.3 Å². The number of carbonyl (C=O) groups excluding carboxylic acids is 2. The molecule has 1 heterocycles. The van der Waals surface area contributed by atoms with Crippen molar-refractivity contribution in [2.45, 2.75) is 38.4 Å². The lowest BCUT2D eigenvalue weighted by Crippen LogP contribution is -2.36. The summed E-state index contributed by atoms with van der Waals surface area (Å²) in [5.74, 6) is -1.68. The fourth-order valence-electron chi connectivity index (χ4n) is 2.76. The molecule has 1 atom stereocenters. The molecule has 0 aliphatic carbocycles. The second-order valence-corrected chi connectivity index (χ2v) is 5.85. The van der Waals surface area contributed by atoms with Crippen LogP contribution in [0.3, 0.4) is 0 Å². The Morgan fingerprint density at radius 1 is 1.33 bits per heavy atom. The van der Waals surface area contributed by atoms with E-state index in [2.05, 4.69) is 0 Å². The van der Waals surface area contributed by atoms with Gasteiger partial charge in [-0.05, 0) is 25.0 Å². The van der Waals surface area contributed by atoms with Gasteiger partial charge in [0.15, 0.2) is 0 Å². The minimum Gasteiger partial charge on any atom is -0.535 e. The van der Waals surface area contributed by atoms with Crippen molar-refractivity contribution in [3.8, 4) is 11.5 Å². The Hall–Kier alpha value is -2.35. The van der Waals surface area contributed by atoms with Gasteiger partial charge in [-0.2, -0.15) is 0 Å². The maximum Gasteiger partial charge on any atom is 0.526 e. The van der Waals surface area contributed by atoms with Crippen LogP contribution >= 0.6 is 0 Å². The van der Waals surface area contributed by atoms with Crippen LogP contribution in [0.2, 0.25) is 5.82 Å². The second kappa shape index (κ2) is 7.48.